The van der Waals surface area contributed by atoms with Crippen LogP contribution in [0.3, 0.4) is 0 Å². The fourth-order valence-electron chi connectivity index (χ4n) is 2.86. The monoisotopic (exact) mass is 730 g/mol. The van der Waals surface area contributed by atoms with Gasteiger partial charge in [0, 0.05) is 18.3 Å². The van der Waals surface area contributed by atoms with E-state index in [1.54, 1.807) is 12.1 Å². The summed E-state index contributed by atoms with van der Waals surface area (Å²) in [6, 6.07) is 9.45. The first kappa shape index (κ1) is 21.0. The van der Waals surface area contributed by atoms with Crippen molar-refractivity contribution in [1.29, 1.82) is 0 Å². The Morgan fingerprint density at radius 2 is 2.00 bits per heavy atom. The van der Waals surface area contributed by atoms with Crippen molar-refractivity contribution in [2.45, 2.75) is 4.05 Å². The van der Waals surface area contributed by atoms with Crippen LogP contribution in [-0.2, 0) is 0 Å². The van der Waals surface area contributed by atoms with Gasteiger partial charge in [0.05, 0.1) is 24.7 Å². The minimum absolute atomic E-state index is 0.0235. The van der Waals surface area contributed by atoms with Crippen LogP contribution in [0.4, 0.5) is 33.2 Å². The highest BCUT2D eigenvalue weighted by molar-refractivity contribution is 14.1. The highest BCUT2D eigenvalue weighted by Crippen LogP contribution is 2.38. The zero-order chi connectivity index (χ0) is 20.7. The number of phenols is 1. The van der Waals surface area contributed by atoms with Gasteiger partial charge in [-0.3, -0.25) is 0 Å². The van der Waals surface area contributed by atoms with Gasteiger partial charge in [-0.05, 0) is 75.5 Å². The van der Waals surface area contributed by atoms with E-state index < -0.39 is 5.82 Å². The first-order chi connectivity index (χ1) is 13.8. The van der Waals surface area contributed by atoms with Gasteiger partial charge < -0.3 is 20.7 Å². The topological polar surface area (TPSA) is 85.3 Å². The molecule has 150 valence electrons. The lowest BCUT2D eigenvalue weighted by Crippen LogP contribution is -2.27. The first-order valence-electron chi connectivity index (χ1n) is 8.35. The van der Waals surface area contributed by atoms with Crippen molar-refractivity contribution < 1.29 is 9.50 Å². The highest BCUT2D eigenvalue weighted by Gasteiger charge is 2.23. The summed E-state index contributed by atoms with van der Waals surface area (Å²) in [6.45, 7) is 0. The second-order valence-corrected chi connectivity index (χ2v) is 9.71. The van der Waals surface area contributed by atoms with Gasteiger partial charge in [-0.25, -0.2) is 14.8 Å². The van der Waals surface area contributed by atoms with Crippen molar-refractivity contribution in [3.63, 3.8) is 0 Å². The summed E-state index contributed by atoms with van der Waals surface area (Å²) in [5, 5.41) is 18.1. The predicted octanol–water partition coefficient (Wildman–Crippen LogP) is 5.41. The number of halogens is 4. The molecule has 7 nitrogen and oxygen atoms in total. The Balaban J connectivity index is 1.60. The number of aromatic nitrogens is 2. The number of hydrogen-bond acceptors (Lipinski definition) is 7. The average Bonchev–Trinajstić information content (AvgIpc) is 2.98. The molecule has 0 bridgehead atoms. The Labute approximate surface area is 207 Å². The number of hydrogen-bond donors (Lipinski definition) is 4. The lowest BCUT2D eigenvalue weighted by molar-refractivity contribution is 0.468. The van der Waals surface area contributed by atoms with E-state index in [1.807, 2.05) is 75.4 Å². The van der Waals surface area contributed by atoms with E-state index in [0.29, 0.717) is 12.8 Å². The minimum atomic E-state index is -0.587. The predicted molar refractivity (Wildman–Crippen MR) is 137 cm³/mol. The van der Waals surface area contributed by atoms with Crippen LogP contribution in [0.25, 0.3) is 0 Å². The van der Waals surface area contributed by atoms with E-state index in [9.17, 15) is 9.50 Å². The molecule has 1 unspecified atom stereocenters. The standard InChI is InChI=1S/C18H14FI3N6O/c1-28-13-5-2-8(6-9(13)16(22)27-28)24-18-23-7-10(19)17(26-18)25-12-4-3-11(20)15(29)14(12)21/h2-7,16,27,29H,1H3,(H2,23,24,25,26). The van der Waals surface area contributed by atoms with E-state index in [1.165, 1.54) is 0 Å². The van der Waals surface area contributed by atoms with Crippen molar-refractivity contribution in [3.8, 4) is 5.75 Å². The number of nitrogens with zero attached hydrogens (tertiary/aromatic N) is 3. The number of anilines is 5. The minimum Gasteiger partial charge on any atom is -0.506 e. The lowest BCUT2D eigenvalue weighted by atomic mass is 10.1. The van der Waals surface area contributed by atoms with Crippen LogP contribution in [0, 0.1) is 13.0 Å². The number of hydrazine groups is 1. The van der Waals surface area contributed by atoms with Gasteiger partial charge in [0.2, 0.25) is 5.95 Å². The number of benzene rings is 2. The molecule has 0 fully saturated rings. The molecular formula is C18H14FI3N6O. The Kier molecular flexibility index (Phi) is 6.17. The second-order valence-electron chi connectivity index (χ2n) is 6.22. The Morgan fingerprint density at radius 1 is 1.21 bits per heavy atom. The zero-order valence-electron chi connectivity index (χ0n) is 14.8. The summed E-state index contributed by atoms with van der Waals surface area (Å²) in [4.78, 5) is 8.30. The molecule has 0 aliphatic carbocycles. The number of fused-ring (bicyclic) bond motifs is 1. The van der Waals surface area contributed by atoms with Gasteiger partial charge in [0.25, 0.3) is 0 Å². The Hall–Kier alpha value is -1.20. The molecule has 0 radical (unpaired) electrons. The second kappa shape index (κ2) is 8.50. The molecule has 4 rings (SSSR count). The molecule has 4 N–H and O–H groups in total. The van der Waals surface area contributed by atoms with Gasteiger partial charge in [-0.1, -0.05) is 22.6 Å². The van der Waals surface area contributed by atoms with Crippen molar-refractivity contribution in [1.82, 2.24) is 15.4 Å². The smallest absolute Gasteiger partial charge is 0.229 e. The van der Waals surface area contributed by atoms with Gasteiger partial charge in [-0.15, -0.1) is 0 Å². The van der Waals surface area contributed by atoms with Crippen molar-refractivity contribution >= 4 is 96.6 Å². The fourth-order valence-corrected chi connectivity index (χ4v) is 5.35. The summed E-state index contributed by atoms with van der Waals surface area (Å²) in [5.74, 6) is -0.149. The Morgan fingerprint density at radius 3 is 2.79 bits per heavy atom. The fraction of sp³-hybridized carbons (Fsp3) is 0.111. The largest absolute Gasteiger partial charge is 0.506 e. The Bertz CT molecular complexity index is 1100. The molecule has 2 heterocycles. The zero-order valence-corrected chi connectivity index (χ0v) is 21.3. The van der Waals surface area contributed by atoms with Crippen LogP contribution >= 0.6 is 67.8 Å². The van der Waals surface area contributed by atoms with Gasteiger partial charge in [0.1, 0.15) is 9.80 Å². The highest BCUT2D eigenvalue weighted by atomic mass is 127. The molecule has 2 aromatic carbocycles. The maximum Gasteiger partial charge on any atom is 0.229 e. The summed E-state index contributed by atoms with van der Waals surface area (Å²) in [6.07, 6.45) is 1.11. The summed E-state index contributed by atoms with van der Waals surface area (Å²) in [7, 11) is 1.97. The summed E-state index contributed by atoms with van der Waals surface area (Å²) in [5.41, 5.74) is 6.92. The van der Waals surface area contributed by atoms with E-state index in [4.69, 9.17) is 0 Å². The molecule has 11 heteroatoms. The lowest BCUT2D eigenvalue weighted by Gasteiger charge is -2.13. The van der Waals surface area contributed by atoms with Gasteiger partial charge in [-0.2, -0.15) is 4.98 Å². The molecule has 1 atom stereocenters. The van der Waals surface area contributed by atoms with E-state index >= 15 is 0 Å². The number of aromatic hydroxyl groups is 1. The first-order valence-corrected chi connectivity index (χ1v) is 11.8. The normalized spacial score (nSPS) is 15.3. The van der Waals surface area contributed by atoms with E-state index in [0.717, 1.165) is 23.1 Å². The molecule has 0 amide bonds. The number of alkyl halides is 1. The quantitative estimate of drug-likeness (QED) is 0.163. The van der Waals surface area contributed by atoms with Crippen LogP contribution in [-0.4, -0.2) is 22.1 Å². The van der Waals surface area contributed by atoms with Crippen molar-refractivity contribution in [2.24, 2.45) is 0 Å². The molecule has 3 aromatic rings. The third-order valence-electron chi connectivity index (χ3n) is 4.29. The van der Waals surface area contributed by atoms with Gasteiger partial charge in [0.15, 0.2) is 11.6 Å². The van der Waals surface area contributed by atoms with Gasteiger partial charge >= 0.3 is 0 Å². The summed E-state index contributed by atoms with van der Waals surface area (Å²) >= 11 is 6.37. The van der Waals surface area contributed by atoms with Crippen LogP contribution in [0.1, 0.15) is 9.61 Å². The SMILES string of the molecule is CN1NC(I)c2cc(Nc3ncc(F)c(Nc4ccc(I)c(O)c4I)n3)ccc21. The van der Waals surface area contributed by atoms with Crippen LogP contribution in [0.15, 0.2) is 36.5 Å². The molecule has 1 aliphatic heterocycles. The molecule has 0 saturated heterocycles. The van der Waals surface area contributed by atoms with Crippen molar-refractivity contribution in [3.05, 3.63) is 55.0 Å². The maximum absolute atomic E-state index is 14.3. The van der Waals surface area contributed by atoms with Crippen LogP contribution in [0.5, 0.6) is 5.75 Å². The molecule has 0 saturated carbocycles. The maximum atomic E-state index is 14.3. The molecule has 1 aliphatic rings. The van der Waals surface area contributed by atoms with Crippen molar-refractivity contribution in [2.75, 3.05) is 22.7 Å². The summed E-state index contributed by atoms with van der Waals surface area (Å²) < 4.78 is 15.8. The van der Waals surface area contributed by atoms with Crippen LogP contribution < -0.4 is 21.1 Å². The van der Waals surface area contributed by atoms with E-state index in [-0.39, 0.29) is 21.6 Å². The molecule has 1 aromatic heterocycles. The number of phenolic OH excluding ortho intramolecular Hbond substituents is 1. The third kappa shape index (κ3) is 4.32. The number of rotatable bonds is 4. The molecular weight excluding hydrogens is 716 g/mol. The molecule has 0 spiro atoms. The molecule has 29 heavy (non-hydrogen) atoms. The van der Waals surface area contributed by atoms with E-state index in [2.05, 4.69) is 48.6 Å². The number of nitrogens with one attached hydrogen (secondary N) is 3. The van der Waals surface area contributed by atoms with Crippen LogP contribution in [0.2, 0.25) is 0 Å². The average molecular weight is 730 g/mol. The third-order valence-corrected chi connectivity index (χ3v) is 7.20.